The molecule has 0 spiro atoms. The van der Waals surface area contributed by atoms with Crippen LogP contribution in [0.5, 0.6) is 0 Å². The highest BCUT2D eigenvalue weighted by atomic mass is 35.5. The maximum atomic E-state index is 11.4. The molecule has 8 heteroatoms. The minimum Gasteiger partial charge on any atom is -0.368 e. The first-order valence-corrected chi connectivity index (χ1v) is 8.76. The Hall–Kier alpha value is -2.64. The molecule has 2 heterocycles. The van der Waals surface area contributed by atoms with Gasteiger partial charge in [-0.1, -0.05) is 36.7 Å². The van der Waals surface area contributed by atoms with Crippen molar-refractivity contribution in [1.29, 1.82) is 0 Å². The molecule has 0 bridgehead atoms. The zero-order valence-electron chi connectivity index (χ0n) is 14.5. The molecule has 1 aromatic carbocycles. The van der Waals surface area contributed by atoms with Crippen molar-refractivity contribution in [2.75, 3.05) is 29.5 Å². The summed E-state index contributed by atoms with van der Waals surface area (Å²) in [7, 11) is 0. The number of aromatic nitrogens is 2. The van der Waals surface area contributed by atoms with Crippen LogP contribution in [-0.2, 0) is 4.79 Å². The molecule has 0 unspecified atom stereocenters. The lowest BCUT2D eigenvalue weighted by Crippen LogP contribution is -2.21. The quantitative estimate of drug-likeness (QED) is 0.612. The summed E-state index contributed by atoms with van der Waals surface area (Å²) in [5, 5.41) is 9.28. The number of nitrogens with zero attached hydrogens (tertiary/aromatic N) is 2. The predicted molar refractivity (Wildman–Crippen MR) is 107 cm³/mol. The SMILES string of the molecule is C1CCNCC1.C=CC(=O)Nc1ccccc1Nc1nc(N)ncc1Cl. The fourth-order valence-corrected chi connectivity index (χ4v) is 2.42. The van der Waals surface area contributed by atoms with E-state index in [9.17, 15) is 4.79 Å². The molecule has 1 aliphatic rings. The van der Waals surface area contributed by atoms with E-state index in [1.54, 1.807) is 18.2 Å². The van der Waals surface area contributed by atoms with Gasteiger partial charge in [-0.3, -0.25) is 4.79 Å². The molecule has 1 aromatic heterocycles. The van der Waals surface area contributed by atoms with Crippen molar-refractivity contribution in [3.05, 3.63) is 48.1 Å². The molecule has 1 aliphatic heterocycles. The van der Waals surface area contributed by atoms with E-state index < -0.39 is 0 Å². The molecule has 0 saturated carbocycles. The van der Waals surface area contributed by atoms with Crippen LogP contribution in [0.3, 0.4) is 0 Å². The number of carbonyl (C=O) groups is 1. The van der Waals surface area contributed by atoms with E-state index in [0.29, 0.717) is 22.2 Å². The number of amides is 1. The monoisotopic (exact) mass is 374 g/mol. The number of rotatable bonds is 4. The second kappa shape index (κ2) is 10.4. The zero-order valence-corrected chi connectivity index (χ0v) is 15.2. The molecular formula is C18H23ClN6O. The van der Waals surface area contributed by atoms with Gasteiger partial charge in [-0.25, -0.2) is 4.98 Å². The fraction of sp³-hybridized carbons (Fsp3) is 0.278. The van der Waals surface area contributed by atoms with Gasteiger partial charge in [0.25, 0.3) is 0 Å². The van der Waals surface area contributed by atoms with Gasteiger partial charge in [0.2, 0.25) is 11.9 Å². The molecule has 1 amide bonds. The number of benzene rings is 1. The summed E-state index contributed by atoms with van der Waals surface area (Å²) in [6.07, 6.45) is 6.80. The minimum atomic E-state index is -0.312. The van der Waals surface area contributed by atoms with Gasteiger partial charge in [0.15, 0.2) is 5.82 Å². The molecule has 3 rings (SSSR count). The Bertz CT molecular complexity index is 737. The maximum absolute atomic E-state index is 11.4. The van der Waals surface area contributed by atoms with Crippen molar-refractivity contribution in [2.24, 2.45) is 0 Å². The van der Waals surface area contributed by atoms with Crippen LogP contribution in [0.1, 0.15) is 19.3 Å². The van der Waals surface area contributed by atoms with Crippen LogP contribution in [0.25, 0.3) is 0 Å². The van der Waals surface area contributed by atoms with Gasteiger partial charge in [-0.15, -0.1) is 0 Å². The van der Waals surface area contributed by atoms with Crippen molar-refractivity contribution in [3.63, 3.8) is 0 Å². The van der Waals surface area contributed by atoms with Crippen LogP contribution in [-0.4, -0.2) is 29.0 Å². The van der Waals surface area contributed by atoms with Gasteiger partial charge in [-0.05, 0) is 44.1 Å². The highest BCUT2D eigenvalue weighted by Crippen LogP contribution is 2.28. The number of anilines is 4. The van der Waals surface area contributed by atoms with E-state index in [4.69, 9.17) is 17.3 Å². The van der Waals surface area contributed by atoms with Crippen LogP contribution in [0.4, 0.5) is 23.1 Å². The van der Waals surface area contributed by atoms with Crippen molar-refractivity contribution in [1.82, 2.24) is 15.3 Å². The lowest BCUT2D eigenvalue weighted by Gasteiger charge is -2.12. The molecular weight excluding hydrogens is 352 g/mol. The smallest absolute Gasteiger partial charge is 0.247 e. The van der Waals surface area contributed by atoms with E-state index in [1.807, 2.05) is 6.07 Å². The second-order valence-electron chi connectivity index (χ2n) is 5.60. The average molecular weight is 375 g/mol. The van der Waals surface area contributed by atoms with Crippen LogP contribution < -0.4 is 21.7 Å². The van der Waals surface area contributed by atoms with Crippen LogP contribution in [0.15, 0.2) is 43.1 Å². The highest BCUT2D eigenvalue weighted by Gasteiger charge is 2.08. The first-order chi connectivity index (χ1) is 12.6. The molecule has 2 aromatic rings. The Balaban J connectivity index is 0.000000342. The number of carbonyl (C=O) groups excluding carboxylic acids is 1. The summed E-state index contributed by atoms with van der Waals surface area (Å²) in [5.74, 6) is 0.150. The lowest BCUT2D eigenvalue weighted by molar-refractivity contribution is -0.111. The van der Waals surface area contributed by atoms with Crippen molar-refractivity contribution in [2.45, 2.75) is 19.3 Å². The summed E-state index contributed by atoms with van der Waals surface area (Å²) in [5.41, 5.74) is 6.72. The number of piperidine rings is 1. The van der Waals surface area contributed by atoms with Crippen molar-refractivity contribution >= 4 is 40.6 Å². The molecule has 7 nitrogen and oxygen atoms in total. The first-order valence-electron chi connectivity index (χ1n) is 8.38. The highest BCUT2D eigenvalue weighted by molar-refractivity contribution is 6.33. The number of hydrogen-bond donors (Lipinski definition) is 4. The number of para-hydroxylation sites is 2. The number of hydrogen-bond acceptors (Lipinski definition) is 6. The summed E-state index contributed by atoms with van der Waals surface area (Å²) in [6, 6.07) is 7.11. The fourth-order valence-electron chi connectivity index (χ4n) is 2.28. The van der Waals surface area contributed by atoms with Crippen molar-refractivity contribution in [3.8, 4) is 0 Å². The van der Waals surface area contributed by atoms with Gasteiger partial charge in [0.1, 0.15) is 5.02 Å². The third-order valence-corrected chi connectivity index (χ3v) is 3.87. The molecule has 26 heavy (non-hydrogen) atoms. The van der Waals surface area contributed by atoms with Gasteiger partial charge >= 0.3 is 0 Å². The number of nitrogen functional groups attached to an aromatic ring is 1. The van der Waals surface area contributed by atoms with E-state index in [-0.39, 0.29) is 11.9 Å². The maximum Gasteiger partial charge on any atom is 0.247 e. The van der Waals surface area contributed by atoms with Crippen LogP contribution >= 0.6 is 11.6 Å². The summed E-state index contributed by atoms with van der Waals surface area (Å²) >= 11 is 5.98. The summed E-state index contributed by atoms with van der Waals surface area (Å²) < 4.78 is 0. The number of halogens is 1. The van der Waals surface area contributed by atoms with E-state index in [2.05, 4.69) is 32.5 Å². The molecule has 1 fully saturated rings. The number of nitrogens with two attached hydrogens (primary N) is 1. The topological polar surface area (TPSA) is 105 Å². The van der Waals surface area contributed by atoms with Gasteiger partial charge in [-0.2, -0.15) is 4.98 Å². The lowest BCUT2D eigenvalue weighted by atomic mass is 10.2. The predicted octanol–water partition coefficient (Wildman–Crippen LogP) is 3.34. The van der Waals surface area contributed by atoms with Gasteiger partial charge < -0.3 is 21.7 Å². The molecule has 0 radical (unpaired) electrons. The number of nitrogens with one attached hydrogen (secondary N) is 3. The molecule has 0 aliphatic carbocycles. The van der Waals surface area contributed by atoms with E-state index >= 15 is 0 Å². The second-order valence-corrected chi connectivity index (χ2v) is 6.01. The van der Waals surface area contributed by atoms with Crippen molar-refractivity contribution < 1.29 is 4.79 Å². The molecule has 1 saturated heterocycles. The average Bonchev–Trinajstić information content (AvgIpc) is 2.68. The van der Waals surface area contributed by atoms with Gasteiger partial charge in [0.05, 0.1) is 17.6 Å². The third-order valence-electron chi connectivity index (χ3n) is 3.59. The molecule has 5 N–H and O–H groups in total. The molecule has 138 valence electrons. The third kappa shape index (κ3) is 6.34. The summed E-state index contributed by atoms with van der Waals surface area (Å²) in [6.45, 7) is 5.91. The van der Waals surface area contributed by atoms with E-state index in [0.717, 1.165) is 0 Å². The Kier molecular flexibility index (Phi) is 7.85. The minimum absolute atomic E-state index is 0.101. The Morgan fingerprint density at radius 1 is 1.23 bits per heavy atom. The largest absolute Gasteiger partial charge is 0.368 e. The van der Waals surface area contributed by atoms with Crippen LogP contribution in [0.2, 0.25) is 5.02 Å². The van der Waals surface area contributed by atoms with E-state index in [1.165, 1.54) is 44.6 Å². The Morgan fingerprint density at radius 3 is 2.50 bits per heavy atom. The van der Waals surface area contributed by atoms with Crippen LogP contribution in [0, 0.1) is 0 Å². The normalized spacial score (nSPS) is 13.1. The standard InChI is InChI=1S/C13H12ClN5O.C5H11N/c1-2-11(20)17-9-5-3-4-6-10(9)18-12-8(14)7-16-13(15)19-12;1-2-4-6-5-3-1/h2-7H,1H2,(H,17,20)(H3,15,16,18,19);6H,1-5H2. The zero-order chi connectivity index (χ0) is 18.8. The summed E-state index contributed by atoms with van der Waals surface area (Å²) in [4.78, 5) is 19.2. The first kappa shape index (κ1) is 19.7. The Labute approximate surface area is 158 Å². The van der Waals surface area contributed by atoms with Gasteiger partial charge in [0, 0.05) is 0 Å². The Morgan fingerprint density at radius 2 is 1.92 bits per heavy atom. The molecule has 0 atom stereocenters.